The minimum atomic E-state index is -1.04. The van der Waals surface area contributed by atoms with Gasteiger partial charge in [0.1, 0.15) is 11.8 Å². The first kappa shape index (κ1) is 18.0. The molecule has 0 bridgehead atoms. The number of hydrogen-bond donors (Lipinski definition) is 2. The molecular weight excluding hydrogens is 266 g/mol. The van der Waals surface area contributed by atoms with Gasteiger partial charge in [0.15, 0.2) is 0 Å². The monoisotopic (exact) mass is 289 g/mol. The summed E-state index contributed by atoms with van der Waals surface area (Å²) < 4.78 is 0. The third kappa shape index (κ3) is 8.64. The van der Waals surface area contributed by atoms with Crippen LogP contribution < -0.4 is 5.32 Å². The van der Waals surface area contributed by atoms with Gasteiger partial charge in [0.05, 0.1) is 0 Å². The molecule has 0 fully saturated rings. The van der Waals surface area contributed by atoms with E-state index in [-0.39, 0.29) is 30.4 Å². The number of ketones is 1. The third-order valence-corrected chi connectivity index (χ3v) is 3.66. The molecule has 0 heterocycles. The van der Waals surface area contributed by atoms with Gasteiger partial charge in [0, 0.05) is 24.5 Å². The molecule has 0 aliphatic carbocycles. The number of aliphatic carboxylic acids is 1. The number of Topliss-reactive ketones (excluding diaryl/α,β-unsaturated/α-hetero) is 1. The van der Waals surface area contributed by atoms with Crippen LogP contribution in [0.2, 0.25) is 0 Å². The van der Waals surface area contributed by atoms with E-state index in [0.717, 1.165) is 0 Å². The zero-order chi connectivity index (χ0) is 15.0. The predicted molar refractivity (Wildman–Crippen MR) is 76.2 cm³/mol. The summed E-state index contributed by atoms with van der Waals surface area (Å²) in [7, 11) is 0. The Morgan fingerprint density at radius 3 is 2.11 bits per heavy atom. The van der Waals surface area contributed by atoms with E-state index in [2.05, 4.69) is 5.32 Å². The molecule has 0 rings (SSSR count). The second kappa shape index (κ2) is 8.96. The fraction of sp³-hybridized carbons (Fsp3) is 0.769. The number of carbonyl (C=O) groups excluding carboxylic acids is 2. The SMILES string of the molecule is CC(C)SCC(NC(=O)CCC(=O)C(C)C)C(=O)O. The molecule has 0 saturated carbocycles. The third-order valence-electron chi connectivity index (χ3n) is 2.47. The van der Waals surface area contributed by atoms with Crippen molar-refractivity contribution in [3.63, 3.8) is 0 Å². The number of carboxylic acid groups (broad SMARTS) is 1. The number of hydrogen-bond acceptors (Lipinski definition) is 4. The Kier molecular flexibility index (Phi) is 8.47. The van der Waals surface area contributed by atoms with Crippen molar-refractivity contribution in [2.45, 2.75) is 51.8 Å². The van der Waals surface area contributed by atoms with Crippen molar-refractivity contribution in [2.24, 2.45) is 5.92 Å². The van der Waals surface area contributed by atoms with E-state index in [1.807, 2.05) is 13.8 Å². The molecule has 0 radical (unpaired) electrons. The van der Waals surface area contributed by atoms with Crippen molar-refractivity contribution >= 4 is 29.4 Å². The van der Waals surface area contributed by atoms with Gasteiger partial charge < -0.3 is 10.4 Å². The Morgan fingerprint density at radius 1 is 1.11 bits per heavy atom. The standard InChI is InChI=1S/C13H23NO4S/c1-8(2)11(15)5-6-12(16)14-10(13(17)18)7-19-9(3)4/h8-10H,5-7H2,1-4H3,(H,14,16)(H,17,18). The van der Waals surface area contributed by atoms with E-state index in [1.54, 1.807) is 13.8 Å². The summed E-state index contributed by atoms with van der Waals surface area (Å²) in [5.41, 5.74) is 0. The topological polar surface area (TPSA) is 83.5 Å². The maximum Gasteiger partial charge on any atom is 0.327 e. The Bertz CT molecular complexity index is 329. The molecule has 0 spiro atoms. The summed E-state index contributed by atoms with van der Waals surface area (Å²) in [6.07, 6.45) is 0.209. The summed E-state index contributed by atoms with van der Waals surface area (Å²) in [6, 6.07) is -0.894. The Morgan fingerprint density at radius 2 is 1.68 bits per heavy atom. The Hall–Kier alpha value is -1.04. The Balaban J connectivity index is 4.17. The van der Waals surface area contributed by atoms with Crippen molar-refractivity contribution < 1.29 is 19.5 Å². The van der Waals surface area contributed by atoms with Gasteiger partial charge in [-0.05, 0) is 5.25 Å². The van der Waals surface area contributed by atoms with E-state index in [1.165, 1.54) is 11.8 Å². The van der Waals surface area contributed by atoms with E-state index in [9.17, 15) is 14.4 Å². The molecule has 0 aliphatic rings. The number of nitrogens with one attached hydrogen (secondary N) is 1. The number of carbonyl (C=O) groups is 3. The largest absolute Gasteiger partial charge is 0.480 e. The summed E-state index contributed by atoms with van der Waals surface area (Å²) in [4.78, 5) is 34.0. The summed E-state index contributed by atoms with van der Waals surface area (Å²) in [5, 5.41) is 11.8. The molecule has 1 amide bonds. The van der Waals surface area contributed by atoms with Crippen LogP contribution in [0.15, 0.2) is 0 Å². The molecule has 0 aromatic carbocycles. The summed E-state index contributed by atoms with van der Waals surface area (Å²) >= 11 is 1.48. The van der Waals surface area contributed by atoms with Gasteiger partial charge in [-0.15, -0.1) is 0 Å². The molecule has 0 aromatic heterocycles. The lowest BCUT2D eigenvalue weighted by Gasteiger charge is -2.15. The van der Waals surface area contributed by atoms with Crippen LogP contribution in [0.3, 0.4) is 0 Å². The minimum absolute atomic E-state index is 0.0126. The highest BCUT2D eigenvalue weighted by molar-refractivity contribution is 7.99. The van der Waals surface area contributed by atoms with Crippen molar-refractivity contribution in [3.8, 4) is 0 Å². The second-order valence-corrected chi connectivity index (χ2v) is 6.57. The summed E-state index contributed by atoms with van der Waals surface area (Å²) in [5.74, 6) is -1.18. The first-order valence-corrected chi connectivity index (χ1v) is 7.45. The smallest absolute Gasteiger partial charge is 0.327 e. The van der Waals surface area contributed by atoms with Crippen molar-refractivity contribution in [2.75, 3.05) is 5.75 Å². The quantitative estimate of drug-likeness (QED) is 0.675. The van der Waals surface area contributed by atoms with Crippen LogP contribution >= 0.6 is 11.8 Å². The average molecular weight is 289 g/mol. The predicted octanol–water partition coefficient (Wildman–Crippen LogP) is 1.70. The maximum absolute atomic E-state index is 11.6. The lowest BCUT2D eigenvalue weighted by molar-refractivity contribution is -0.141. The van der Waals surface area contributed by atoms with Crippen molar-refractivity contribution in [3.05, 3.63) is 0 Å². The van der Waals surface area contributed by atoms with E-state index >= 15 is 0 Å². The van der Waals surface area contributed by atoms with E-state index < -0.39 is 12.0 Å². The fourth-order valence-electron chi connectivity index (χ4n) is 1.26. The van der Waals surface area contributed by atoms with Crippen molar-refractivity contribution in [1.29, 1.82) is 0 Å². The van der Waals surface area contributed by atoms with Crippen molar-refractivity contribution in [1.82, 2.24) is 5.32 Å². The molecule has 1 unspecified atom stereocenters. The van der Waals surface area contributed by atoms with Gasteiger partial charge >= 0.3 is 5.97 Å². The molecule has 5 nitrogen and oxygen atoms in total. The van der Waals surface area contributed by atoms with Crippen LogP contribution in [0.5, 0.6) is 0 Å². The second-order valence-electron chi connectivity index (χ2n) is 4.96. The van der Waals surface area contributed by atoms with E-state index in [4.69, 9.17) is 5.11 Å². The zero-order valence-corrected chi connectivity index (χ0v) is 12.8. The molecular formula is C13H23NO4S. The Labute approximate surface area is 118 Å². The zero-order valence-electron chi connectivity index (χ0n) is 11.9. The molecule has 0 saturated heterocycles. The van der Waals surface area contributed by atoms with Crippen LogP contribution in [0.4, 0.5) is 0 Å². The molecule has 2 N–H and O–H groups in total. The van der Waals surface area contributed by atoms with Gasteiger partial charge in [0.2, 0.25) is 5.91 Å². The number of thioether (sulfide) groups is 1. The number of amides is 1. The molecule has 110 valence electrons. The van der Waals surface area contributed by atoms with Crippen LogP contribution in [0.25, 0.3) is 0 Å². The molecule has 1 atom stereocenters. The molecule has 6 heteroatoms. The van der Waals surface area contributed by atoms with Gasteiger partial charge in [-0.2, -0.15) is 11.8 Å². The first-order chi connectivity index (χ1) is 8.73. The minimum Gasteiger partial charge on any atom is -0.480 e. The lowest BCUT2D eigenvalue weighted by Crippen LogP contribution is -2.43. The summed E-state index contributed by atoms with van der Waals surface area (Å²) in [6.45, 7) is 7.48. The molecule has 0 aromatic rings. The normalized spacial score (nSPS) is 12.5. The van der Waals surface area contributed by atoms with Gasteiger partial charge in [0.25, 0.3) is 0 Å². The van der Waals surface area contributed by atoms with Crippen LogP contribution in [0.1, 0.15) is 40.5 Å². The van der Waals surface area contributed by atoms with Crippen LogP contribution in [-0.2, 0) is 14.4 Å². The molecule has 0 aliphatic heterocycles. The first-order valence-electron chi connectivity index (χ1n) is 6.40. The average Bonchev–Trinajstić information content (AvgIpc) is 2.30. The number of carboxylic acids is 1. The van der Waals surface area contributed by atoms with Crippen LogP contribution in [0, 0.1) is 5.92 Å². The molecule has 19 heavy (non-hydrogen) atoms. The highest BCUT2D eigenvalue weighted by atomic mass is 32.2. The van der Waals surface area contributed by atoms with Gasteiger partial charge in [-0.3, -0.25) is 9.59 Å². The number of rotatable bonds is 9. The lowest BCUT2D eigenvalue weighted by atomic mass is 10.0. The highest BCUT2D eigenvalue weighted by Crippen LogP contribution is 2.11. The van der Waals surface area contributed by atoms with E-state index in [0.29, 0.717) is 11.0 Å². The fourth-order valence-corrected chi connectivity index (χ4v) is 2.06. The van der Waals surface area contributed by atoms with Gasteiger partial charge in [-0.25, -0.2) is 4.79 Å². The highest BCUT2D eigenvalue weighted by Gasteiger charge is 2.21. The van der Waals surface area contributed by atoms with Crippen LogP contribution in [-0.4, -0.2) is 39.8 Å². The van der Waals surface area contributed by atoms with Gasteiger partial charge in [-0.1, -0.05) is 27.7 Å². The maximum atomic E-state index is 11.6.